The molecule has 0 bridgehead atoms. The molecule has 1 fully saturated rings. The smallest absolute Gasteiger partial charge is 0.348 e. The average molecular weight is 400 g/mol. The van der Waals surface area contributed by atoms with Crippen molar-refractivity contribution in [2.75, 3.05) is 19.6 Å². The van der Waals surface area contributed by atoms with Crippen LogP contribution in [0.2, 0.25) is 0 Å². The van der Waals surface area contributed by atoms with Gasteiger partial charge in [0.1, 0.15) is 5.82 Å². The molecule has 28 heavy (non-hydrogen) atoms. The first-order chi connectivity index (χ1) is 13.2. The molecule has 1 aliphatic heterocycles. The van der Waals surface area contributed by atoms with Gasteiger partial charge in [-0.05, 0) is 45.0 Å². The highest BCUT2D eigenvalue weighted by atomic mass is 19.4. The molecule has 1 saturated heterocycles. The fourth-order valence-electron chi connectivity index (χ4n) is 3.17. The standard InChI is InChI=1S/C18H20F4N4O2/c1-11(10-26-7-3-2-4-8-26)23-16(27)13-6-5-12(9-14(13)19)15-24-17(28-25-15)18(20,21)22/h5-6,9,11H,2-4,7-8,10H2,1H3,(H,23,27). The van der Waals surface area contributed by atoms with Gasteiger partial charge in [-0.2, -0.15) is 18.2 Å². The molecule has 2 aromatic rings. The maximum Gasteiger partial charge on any atom is 0.471 e. The van der Waals surface area contributed by atoms with Gasteiger partial charge in [0.25, 0.3) is 5.91 Å². The Kier molecular flexibility index (Phi) is 5.97. The Bertz CT molecular complexity index is 831. The number of hydrogen-bond acceptors (Lipinski definition) is 5. The van der Waals surface area contributed by atoms with Crippen molar-refractivity contribution in [2.24, 2.45) is 0 Å². The number of amides is 1. The highest BCUT2D eigenvalue weighted by molar-refractivity contribution is 5.95. The number of nitrogens with zero attached hydrogens (tertiary/aromatic N) is 3. The van der Waals surface area contributed by atoms with Gasteiger partial charge in [0.15, 0.2) is 0 Å². The summed E-state index contributed by atoms with van der Waals surface area (Å²) in [6, 6.07) is 3.21. The number of hydrogen-bond donors (Lipinski definition) is 1. The molecule has 2 heterocycles. The second-order valence-electron chi connectivity index (χ2n) is 6.85. The fourth-order valence-corrected chi connectivity index (χ4v) is 3.17. The van der Waals surface area contributed by atoms with E-state index >= 15 is 0 Å². The lowest BCUT2D eigenvalue weighted by Gasteiger charge is -2.29. The van der Waals surface area contributed by atoms with Crippen molar-refractivity contribution in [1.82, 2.24) is 20.4 Å². The van der Waals surface area contributed by atoms with E-state index in [4.69, 9.17) is 0 Å². The van der Waals surface area contributed by atoms with Crippen LogP contribution in [0.15, 0.2) is 22.7 Å². The maximum absolute atomic E-state index is 14.4. The van der Waals surface area contributed by atoms with Gasteiger partial charge in [0.2, 0.25) is 5.82 Å². The largest absolute Gasteiger partial charge is 0.471 e. The van der Waals surface area contributed by atoms with Crippen molar-refractivity contribution < 1.29 is 26.9 Å². The van der Waals surface area contributed by atoms with E-state index < -0.39 is 29.6 Å². The van der Waals surface area contributed by atoms with Gasteiger partial charge in [-0.15, -0.1) is 0 Å². The summed E-state index contributed by atoms with van der Waals surface area (Å²) in [5.41, 5.74) is -0.219. The number of nitrogens with one attached hydrogen (secondary N) is 1. The Balaban J connectivity index is 1.66. The summed E-state index contributed by atoms with van der Waals surface area (Å²) in [6.07, 6.45) is -1.32. The predicted molar refractivity (Wildman–Crippen MR) is 91.9 cm³/mol. The molecule has 1 aromatic heterocycles. The molecule has 0 spiro atoms. The quantitative estimate of drug-likeness (QED) is 0.778. The van der Waals surface area contributed by atoms with E-state index in [0.717, 1.165) is 32.0 Å². The minimum absolute atomic E-state index is 0.0188. The van der Waals surface area contributed by atoms with Crippen molar-refractivity contribution in [1.29, 1.82) is 0 Å². The topological polar surface area (TPSA) is 71.3 Å². The highest BCUT2D eigenvalue weighted by Crippen LogP contribution is 2.29. The lowest BCUT2D eigenvalue weighted by atomic mass is 10.1. The first-order valence-corrected chi connectivity index (χ1v) is 8.98. The van der Waals surface area contributed by atoms with Gasteiger partial charge < -0.3 is 14.7 Å². The lowest BCUT2D eigenvalue weighted by molar-refractivity contribution is -0.159. The zero-order valence-electron chi connectivity index (χ0n) is 15.2. The zero-order valence-corrected chi connectivity index (χ0v) is 15.2. The van der Waals surface area contributed by atoms with Crippen LogP contribution in [0.5, 0.6) is 0 Å². The van der Waals surface area contributed by atoms with Gasteiger partial charge in [0, 0.05) is 18.2 Å². The van der Waals surface area contributed by atoms with Crippen LogP contribution in [0.1, 0.15) is 42.4 Å². The monoisotopic (exact) mass is 400 g/mol. The van der Waals surface area contributed by atoms with Crippen molar-refractivity contribution >= 4 is 5.91 Å². The van der Waals surface area contributed by atoms with E-state index in [0.29, 0.717) is 6.54 Å². The lowest BCUT2D eigenvalue weighted by Crippen LogP contribution is -2.43. The van der Waals surface area contributed by atoms with Gasteiger partial charge >= 0.3 is 12.1 Å². The van der Waals surface area contributed by atoms with Crippen LogP contribution in [0.25, 0.3) is 11.4 Å². The molecule has 1 amide bonds. The third-order valence-corrected chi connectivity index (χ3v) is 4.50. The number of alkyl halides is 3. The molecule has 1 aliphatic rings. The van der Waals surface area contributed by atoms with Gasteiger partial charge in [-0.1, -0.05) is 17.6 Å². The summed E-state index contributed by atoms with van der Waals surface area (Å²) in [4.78, 5) is 17.8. The predicted octanol–water partition coefficient (Wildman–Crippen LogP) is 3.50. The Hall–Kier alpha value is -2.49. The Labute approximate surface area is 158 Å². The number of rotatable bonds is 5. The van der Waals surface area contributed by atoms with Crippen molar-refractivity contribution in [2.45, 2.75) is 38.4 Å². The average Bonchev–Trinajstić information content (AvgIpc) is 3.12. The molecular weight excluding hydrogens is 380 g/mol. The summed E-state index contributed by atoms with van der Waals surface area (Å²) >= 11 is 0. The molecule has 1 N–H and O–H groups in total. The van der Waals surface area contributed by atoms with Crippen LogP contribution in [0.4, 0.5) is 17.6 Å². The van der Waals surface area contributed by atoms with E-state index in [1.807, 2.05) is 6.92 Å². The van der Waals surface area contributed by atoms with E-state index in [1.165, 1.54) is 18.6 Å². The minimum atomic E-state index is -4.78. The summed E-state index contributed by atoms with van der Waals surface area (Å²) < 4.78 is 56.1. The SMILES string of the molecule is CC(CN1CCCCC1)NC(=O)c1ccc(-c2noc(C(F)(F)F)n2)cc1F. The second-order valence-corrected chi connectivity index (χ2v) is 6.85. The molecule has 6 nitrogen and oxygen atoms in total. The maximum atomic E-state index is 14.4. The third kappa shape index (κ3) is 4.86. The highest BCUT2D eigenvalue weighted by Gasteiger charge is 2.38. The molecule has 10 heteroatoms. The number of piperidine rings is 1. The normalized spacial score (nSPS) is 16.8. The number of carbonyl (C=O) groups excluding carboxylic acids is 1. The Morgan fingerprint density at radius 2 is 2.00 bits per heavy atom. The molecule has 152 valence electrons. The fraction of sp³-hybridized carbons (Fsp3) is 0.500. The first-order valence-electron chi connectivity index (χ1n) is 8.98. The summed E-state index contributed by atoms with van der Waals surface area (Å²) in [6.45, 7) is 4.48. The Morgan fingerprint density at radius 1 is 1.29 bits per heavy atom. The number of benzene rings is 1. The minimum Gasteiger partial charge on any atom is -0.348 e. The van der Waals surface area contributed by atoms with E-state index in [-0.39, 0.29) is 17.2 Å². The Morgan fingerprint density at radius 3 is 2.61 bits per heavy atom. The van der Waals surface area contributed by atoms with E-state index in [1.54, 1.807) is 0 Å². The van der Waals surface area contributed by atoms with E-state index in [2.05, 4.69) is 24.9 Å². The first kappa shape index (κ1) is 20.2. The van der Waals surface area contributed by atoms with Gasteiger partial charge in [-0.3, -0.25) is 4.79 Å². The summed E-state index contributed by atoms with van der Waals surface area (Å²) in [5, 5.41) is 5.95. The number of carbonyl (C=O) groups is 1. The summed E-state index contributed by atoms with van der Waals surface area (Å²) in [5.74, 6) is -3.39. The van der Waals surface area contributed by atoms with Crippen molar-refractivity contribution in [3.05, 3.63) is 35.5 Å². The molecule has 1 unspecified atom stereocenters. The number of halogens is 4. The van der Waals surface area contributed by atoms with Crippen LogP contribution in [0, 0.1) is 5.82 Å². The molecular formula is C18H20F4N4O2. The molecule has 1 aromatic carbocycles. The molecule has 1 atom stereocenters. The second kappa shape index (κ2) is 8.26. The summed E-state index contributed by atoms with van der Waals surface area (Å²) in [7, 11) is 0. The van der Waals surface area contributed by atoms with Crippen LogP contribution >= 0.6 is 0 Å². The molecule has 0 aliphatic carbocycles. The van der Waals surface area contributed by atoms with E-state index in [9.17, 15) is 22.4 Å². The molecule has 3 rings (SSSR count). The van der Waals surface area contributed by atoms with Crippen LogP contribution in [0.3, 0.4) is 0 Å². The number of likely N-dealkylation sites (tertiary alicyclic amines) is 1. The van der Waals surface area contributed by atoms with Gasteiger partial charge in [-0.25, -0.2) is 4.39 Å². The van der Waals surface area contributed by atoms with Crippen molar-refractivity contribution in [3.8, 4) is 11.4 Å². The molecule has 0 saturated carbocycles. The van der Waals surface area contributed by atoms with Crippen molar-refractivity contribution in [3.63, 3.8) is 0 Å². The van der Waals surface area contributed by atoms with Crippen LogP contribution in [-0.4, -0.2) is 46.6 Å². The van der Waals surface area contributed by atoms with Crippen LogP contribution < -0.4 is 5.32 Å². The van der Waals surface area contributed by atoms with Gasteiger partial charge in [0.05, 0.1) is 5.56 Å². The number of aromatic nitrogens is 2. The molecule has 0 radical (unpaired) electrons. The third-order valence-electron chi connectivity index (χ3n) is 4.50. The van der Waals surface area contributed by atoms with Crippen LogP contribution in [-0.2, 0) is 6.18 Å². The zero-order chi connectivity index (χ0) is 20.3.